The molecule has 3 heterocycles. The topological polar surface area (TPSA) is 95.6 Å². The van der Waals surface area contributed by atoms with Gasteiger partial charge in [0.1, 0.15) is 17.1 Å². The molecule has 1 amide bonds. The fourth-order valence-electron chi connectivity index (χ4n) is 4.12. The molecule has 3 aromatic carbocycles. The summed E-state index contributed by atoms with van der Waals surface area (Å²) in [6.07, 6.45) is 1.97. The lowest BCUT2D eigenvalue weighted by molar-refractivity contribution is 0.214. The number of amides is 1. The fraction of sp³-hybridized carbons (Fsp3) is 0. The third kappa shape index (κ3) is 5.39. The number of anilines is 1. The van der Waals surface area contributed by atoms with E-state index in [0.717, 1.165) is 11.6 Å². The summed E-state index contributed by atoms with van der Waals surface area (Å²) < 4.78 is 46.3. The Morgan fingerprint density at radius 1 is 0.854 bits per heavy atom. The van der Waals surface area contributed by atoms with Crippen molar-refractivity contribution in [3.8, 4) is 34.3 Å². The number of carbonyl (C=O) groups is 1. The van der Waals surface area contributed by atoms with Crippen molar-refractivity contribution >= 4 is 22.9 Å². The van der Waals surface area contributed by atoms with Crippen molar-refractivity contribution in [3.63, 3.8) is 0 Å². The second kappa shape index (κ2) is 10.8. The number of fused-ring (bicyclic) bond motifs is 1. The number of pyridine rings is 2. The van der Waals surface area contributed by atoms with Gasteiger partial charge in [-0.05, 0) is 48.5 Å². The molecular formula is C31H19F2N3O5. The molecule has 0 aliphatic carbocycles. The highest BCUT2D eigenvalue weighted by Crippen LogP contribution is 2.35. The first kappa shape index (κ1) is 25.5. The molecule has 0 saturated heterocycles. The maximum absolute atomic E-state index is 15.0. The van der Waals surface area contributed by atoms with Gasteiger partial charge in [-0.1, -0.05) is 30.3 Å². The van der Waals surface area contributed by atoms with Crippen LogP contribution in [0.1, 0.15) is 0 Å². The summed E-state index contributed by atoms with van der Waals surface area (Å²) in [6, 6.07) is 24.6. The van der Waals surface area contributed by atoms with Crippen LogP contribution in [-0.2, 0) is 0 Å². The third-order valence-electron chi connectivity index (χ3n) is 6.05. The van der Waals surface area contributed by atoms with Crippen molar-refractivity contribution in [1.82, 2.24) is 9.55 Å². The Morgan fingerprint density at radius 3 is 2.44 bits per heavy atom. The smallest absolute Gasteiger partial charge is 0.417 e. The lowest BCUT2D eigenvalue weighted by Gasteiger charge is -2.11. The Bertz CT molecular complexity index is 1940. The predicted octanol–water partition coefficient (Wildman–Crippen LogP) is 7.33. The summed E-state index contributed by atoms with van der Waals surface area (Å²) >= 11 is 0. The molecule has 6 aromatic rings. The molecule has 8 nitrogen and oxygen atoms in total. The highest BCUT2D eigenvalue weighted by Gasteiger charge is 2.16. The molecule has 202 valence electrons. The highest BCUT2D eigenvalue weighted by molar-refractivity contribution is 5.86. The average Bonchev–Trinajstić information content (AvgIpc) is 3.42. The predicted molar refractivity (Wildman–Crippen MR) is 148 cm³/mol. The SMILES string of the molecule is O=C(Nc1ccc(Oc2ccnc3cc(-c4ccccc4)oc23)c(F)c1)Oc1cccn(-c2ccc(F)cc2)c1=O. The number of nitrogens with zero attached hydrogens (tertiary/aromatic N) is 2. The van der Waals surface area contributed by atoms with E-state index in [4.69, 9.17) is 13.9 Å². The van der Waals surface area contributed by atoms with Crippen LogP contribution >= 0.6 is 0 Å². The van der Waals surface area contributed by atoms with Gasteiger partial charge in [-0.3, -0.25) is 19.7 Å². The molecule has 0 fully saturated rings. The van der Waals surface area contributed by atoms with Crippen LogP contribution in [0.2, 0.25) is 0 Å². The van der Waals surface area contributed by atoms with Crippen LogP contribution in [0.15, 0.2) is 119 Å². The first-order valence-electron chi connectivity index (χ1n) is 12.3. The zero-order valence-corrected chi connectivity index (χ0v) is 21.1. The second-order valence-electron chi connectivity index (χ2n) is 8.79. The molecule has 0 saturated carbocycles. The van der Waals surface area contributed by atoms with E-state index in [0.29, 0.717) is 22.5 Å². The van der Waals surface area contributed by atoms with Gasteiger partial charge < -0.3 is 13.9 Å². The summed E-state index contributed by atoms with van der Waals surface area (Å²) in [6.45, 7) is 0. The van der Waals surface area contributed by atoms with Crippen LogP contribution in [0.5, 0.6) is 17.2 Å². The molecule has 6 rings (SSSR count). The van der Waals surface area contributed by atoms with E-state index in [1.165, 1.54) is 65.5 Å². The molecule has 1 N–H and O–H groups in total. The molecular weight excluding hydrogens is 532 g/mol. The Kier molecular flexibility index (Phi) is 6.70. The van der Waals surface area contributed by atoms with Gasteiger partial charge in [0.05, 0.1) is 0 Å². The number of furan rings is 1. The Morgan fingerprint density at radius 2 is 1.66 bits per heavy atom. The molecule has 3 aromatic heterocycles. The van der Waals surface area contributed by atoms with Gasteiger partial charge in [-0.25, -0.2) is 13.6 Å². The van der Waals surface area contributed by atoms with E-state index < -0.39 is 23.3 Å². The third-order valence-corrected chi connectivity index (χ3v) is 6.05. The van der Waals surface area contributed by atoms with Crippen LogP contribution in [0.4, 0.5) is 19.3 Å². The molecule has 0 radical (unpaired) electrons. The summed E-state index contributed by atoms with van der Waals surface area (Å²) in [5.41, 5.74) is 1.57. The number of benzene rings is 3. The quantitative estimate of drug-likeness (QED) is 0.233. The van der Waals surface area contributed by atoms with Crippen LogP contribution in [0, 0.1) is 11.6 Å². The van der Waals surface area contributed by atoms with Crippen LogP contribution in [0.3, 0.4) is 0 Å². The zero-order valence-electron chi connectivity index (χ0n) is 21.1. The number of rotatable bonds is 6. The van der Waals surface area contributed by atoms with E-state index in [-0.39, 0.29) is 22.9 Å². The molecule has 10 heteroatoms. The first-order valence-corrected chi connectivity index (χ1v) is 12.3. The minimum Gasteiger partial charge on any atom is -0.450 e. The zero-order chi connectivity index (χ0) is 28.3. The number of halogens is 2. The van der Waals surface area contributed by atoms with Crippen molar-refractivity contribution in [2.45, 2.75) is 0 Å². The number of hydrogen-bond donors (Lipinski definition) is 1. The normalized spacial score (nSPS) is 10.9. The van der Waals surface area contributed by atoms with Gasteiger partial charge in [-0.15, -0.1) is 0 Å². The molecule has 0 spiro atoms. The van der Waals surface area contributed by atoms with Crippen LogP contribution in [0.25, 0.3) is 28.1 Å². The first-order chi connectivity index (χ1) is 19.9. The van der Waals surface area contributed by atoms with E-state index in [1.54, 1.807) is 12.1 Å². The van der Waals surface area contributed by atoms with Gasteiger partial charge >= 0.3 is 6.09 Å². The van der Waals surface area contributed by atoms with Crippen molar-refractivity contribution in [3.05, 3.63) is 131 Å². The van der Waals surface area contributed by atoms with Crippen molar-refractivity contribution in [2.24, 2.45) is 0 Å². The van der Waals surface area contributed by atoms with Crippen LogP contribution in [-0.4, -0.2) is 15.6 Å². The minimum absolute atomic E-state index is 0.0684. The van der Waals surface area contributed by atoms with E-state index in [9.17, 15) is 18.4 Å². The Balaban J connectivity index is 1.17. The number of ether oxygens (including phenoxy) is 2. The van der Waals surface area contributed by atoms with Gasteiger partial charge in [0, 0.05) is 47.5 Å². The average molecular weight is 552 g/mol. The number of nitrogens with one attached hydrogen (secondary N) is 1. The molecule has 0 unspecified atom stereocenters. The van der Waals surface area contributed by atoms with Gasteiger partial charge in [-0.2, -0.15) is 0 Å². The highest BCUT2D eigenvalue weighted by atomic mass is 19.1. The molecule has 0 aliphatic heterocycles. The number of hydrogen-bond acceptors (Lipinski definition) is 6. The minimum atomic E-state index is -1.01. The molecule has 0 bridgehead atoms. The maximum Gasteiger partial charge on any atom is 0.417 e. The van der Waals surface area contributed by atoms with Crippen molar-refractivity contribution in [1.29, 1.82) is 0 Å². The number of carbonyl (C=O) groups excluding carboxylic acids is 1. The Hall–Kier alpha value is -5.77. The van der Waals surface area contributed by atoms with Gasteiger partial charge in [0.25, 0.3) is 5.56 Å². The van der Waals surface area contributed by atoms with Gasteiger partial charge in [0.2, 0.25) is 0 Å². The van der Waals surface area contributed by atoms with E-state index >= 15 is 0 Å². The molecule has 0 aliphatic rings. The Labute approximate surface area is 231 Å². The van der Waals surface area contributed by atoms with E-state index in [1.807, 2.05) is 30.3 Å². The van der Waals surface area contributed by atoms with Crippen molar-refractivity contribution < 1.29 is 27.5 Å². The van der Waals surface area contributed by atoms with Crippen molar-refractivity contribution in [2.75, 3.05) is 5.32 Å². The number of aromatic nitrogens is 2. The largest absolute Gasteiger partial charge is 0.450 e. The van der Waals surface area contributed by atoms with Gasteiger partial charge in [0.15, 0.2) is 28.6 Å². The molecule has 0 atom stereocenters. The summed E-state index contributed by atoms with van der Waals surface area (Å²) in [4.78, 5) is 29.5. The summed E-state index contributed by atoms with van der Waals surface area (Å²) in [5.74, 6) is -0.752. The lowest BCUT2D eigenvalue weighted by atomic mass is 10.2. The second-order valence-corrected chi connectivity index (χ2v) is 8.79. The fourth-order valence-corrected chi connectivity index (χ4v) is 4.12. The standard InChI is InChI=1S/C31H19F2N3O5/c32-20-8-11-22(12-9-20)36-16-4-7-27(30(36)37)41-31(38)35-21-10-13-25(23(33)17-21)39-26-14-15-34-24-18-28(40-29(24)26)19-5-2-1-3-6-19/h1-18H,(H,35,38). The molecule has 41 heavy (non-hydrogen) atoms. The monoisotopic (exact) mass is 551 g/mol. The van der Waals surface area contributed by atoms with E-state index in [2.05, 4.69) is 10.3 Å². The maximum atomic E-state index is 15.0. The summed E-state index contributed by atoms with van der Waals surface area (Å²) in [5, 5.41) is 2.38. The lowest BCUT2D eigenvalue weighted by Crippen LogP contribution is -2.24. The summed E-state index contributed by atoms with van der Waals surface area (Å²) in [7, 11) is 0. The van der Waals surface area contributed by atoms with Crippen LogP contribution < -0.4 is 20.3 Å².